The molecule has 2 N–H and O–H groups in total. The predicted octanol–water partition coefficient (Wildman–Crippen LogP) is 2.83. The summed E-state index contributed by atoms with van der Waals surface area (Å²) in [5, 5.41) is 13.7. The SMILES string of the molecule is C/C=C(\NCC1CCC1)C(O)C1CCCC1. The van der Waals surface area contributed by atoms with Gasteiger partial charge in [-0.3, -0.25) is 0 Å². The van der Waals surface area contributed by atoms with Crippen LogP contribution in [0.15, 0.2) is 11.8 Å². The minimum Gasteiger partial charge on any atom is -0.387 e. The summed E-state index contributed by atoms with van der Waals surface area (Å²) in [6, 6.07) is 0. The number of hydrogen-bond donors (Lipinski definition) is 2. The van der Waals surface area contributed by atoms with E-state index in [9.17, 15) is 5.11 Å². The maximum absolute atomic E-state index is 10.3. The Bertz CT molecular complexity index is 239. The van der Waals surface area contributed by atoms with Crippen LogP contribution in [0.4, 0.5) is 0 Å². The Labute approximate surface area is 99.1 Å². The third-order valence-electron chi connectivity index (χ3n) is 4.30. The topological polar surface area (TPSA) is 32.3 Å². The highest BCUT2D eigenvalue weighted by Crippen LogP contribution is 2.30. The number of aliphatic hydroxyl groups is 1. The van der Waals surface area contributed by atoms with Gasteiger partial charge in [0.15, 0.2) is 0 Å². The first-order valence-electron chi connectivity index (χ1n) is 6.89. The molecule has 2 rings (SSSR count). The molecule has 0 aliphatic heterocycles. The molecule has 0 radical (unpaired) electrons. The van der Waals surface area contributed by atoms with Crippen molar-refractivity contribution in [3.8, 4) is 0 Å². The summed E-state index contributed by atoms with van der Waals surface area (Å²) in [5.74, 6) is 1.35. The van der Waals surface area contributed by atoms with Gasteiger partial charge in [0.25, 0.3) is 0 Å². The molecule has 1 atom stereocenters. The monoisotopic (exact) mass is 223 g/mol. The molecule has 2 heteroatoms. The third-order valence-corrected chi connectivity index (χ3v) is 4.30. The van der Waals surface area contributed by atoms with Crippen LogP contribution in [0.3, 0.4) is 0 Å². The van der Waals surface area contributed by atoms with Crippen LogP contribution in [0, 0.1) is 11.8 Å². The normalized spacial score (nSPS) is 25.5. The summed E-state index contributed by atoms with van der Waals surface area (Å²) >= 11 is 0. The first-order chi connectivity index (χ1) is 7.81. The minimum absolute atomic E-state index is 0.243. The molecule has 2 nitrogen and oxygen atoms in total. The van der Waals surface area contributed by atoms with E-state index in [1.54, 1.807) is 0 Å². The van der Waals surface area contributed by atoms with Crippen molar-refractivity contribution in [3.63, 3.8) is 0 Å². The molecule has 0 aromatic heterocycles. The lowest BCUT2D eigenvalue weighted by atomic mass is 9.85. The van der Waals surface area contributed by atoms with E-state index in [2.05, 4.69) is 11.4 Å². The highest BCUT2D eigenvalue weighted by molar-refractivity contribution is 5.07. The van der Waals surface area contributed by atoms with Gasteiger partial charge in [-0.1, -0.05) is 25.3 Å². The maximum atomic E-state index is 10.3. The van der Waals surface area contributed by atoms with Crippen molar-refractivity contribution in [2.24, 2.45) is 11.8 Å². The maximum Gasteiger partial charge on any atom is 0.0959 e. The summed E-state index contributed by atoms with van der Waals surface area (Å²) in [6.07, 6.45) is 10.9. The molecule has 2 fully saturated rings. The molecule has 0 aromatic carbocycles. The van der Waals surface area contributed by atoms with Gasteiger partial charge >= 0.3 is 0 Å². The van der Waals surface area contributed by atoms with Gasteiger partial charge in [-0.15, -0.1) is 0 Å². The van der Waals surface area contributed by atoms with Crippen LogP contribution in [-0.2, 0) is 0 Å². The largest absolute Gasteiger partial charge is 0.387 e. The van der Waals surface area contributed by atoms with E-state index in [1.165, 1.54) is 44.9 Å². The van der Waals surface area contributed by atoms with E-state index in [4.69, 9.17) is 0 Å². The van der Waals surface area contributed by atoms with Crippen LogP contribution >= 0.6 is 0 Å². The fraction of sp³-hybridized carbons (Fsp3) is 0.857. The fourth-order valence-corrected chi connectivity index (χ4v) is 2.86. The quantitative estimate of drug-likeness (QED) is 0.751. The number of allylic oxidation sites excluding steroid dienone is 1. The smallest absolute Gasteiger partial charge is 0.0959 e. The van der Waals surface area contributed by atoms with E-state index in [1.807, 2.05) is 6.92 Å². The highest BCUT2D eigenvalue weighted by Gasteiger charge is 2.26. The number of hydrogen-bond acceptors (Lipinski definition) is 2. The molecule has 0 bridgehead atoms. The molecule has 16 heavy (non-hydrogen) atoms. The Morgan fingerprint density at radius 2 is 1.94 bits per heavy atom. The summed E-state index contributed by atoms with van der Waals surface area (Å²) in [7, 11) is 0. The molecule has 2 aliphatic rings. The van der Waals surface area contributed by atoms with E-state index in [0.717, 1.165) is 18.2 Å². The van der Waals surface area contributed by atoms with E-state index in [0.29, 0.717) is 5.92 Å². The number of nitrogens with one attached hydrogen (secondary N) is 1. The van der Waals surface area contributed by atoms with Crippen molar-refractivity contribution >= 4 is 0 Å². The van der Waals surface area contributed by atoms with Crippen molar-refractivity contribution in [1.82, 2.24) is 5.32 Å². The standard InChI is InChI=1S/C14H25NO/c1-2-13(15-10-11-6-5-7-11)14(16)12-8-3-4-9-12/h2,11-12,14-16H,3-10H2,1H3/b13-2-. The summed E-state index contributed by atoms with van der Waals surface area (Å²) in [5.41, 5.74) is 1.07. The Morgan fingerprint density at radius 1 is 1.25 bits per heavy atom. The first kappa shape index (κ1) is 12.0. The summed E-state index contributed by atoms with van der Waals surface area (Å²) < 4.78 is 0. The van der Waals surface area contributed by atoms with Crippen LogP contribution < -0.4 is 5.32 Å². The van der Waals surface area contributed by atoms with Crippen LogP contribution in [0.1, 0.15) is 51.9 Å². The molecule has 2 aliphatic carbocycles. The second kappa shape index (κ2) is 5.72. The second-order valence-corrected chi connectivity index (χ2v) is 5.41. The predicted molar refractivity (Wildman–Crippen MR) is 67.1 cm³/mol. The Morgan fingerprint density at radius 3 is 2.44 bits per heavy atom. The lowest BCUT2D eigenvalue weighted by Crippen LogP contribution is -2.34. The molecule has 0 heterocycles. The minimum atomic E-state index is -0.243. The molecule has 0 spiro atoms. The zero-order valence-corrected chi connectivity index (χ0v) is 10.4. The van der Waals surface area contributed by atoms with Gasteiger partial charge < -0.3 is 10.4 Å². The molecule has 92 valence electrons. The van der Waals surface area contributed by atoms with Crippen LogP contribution in [0.25, 0.3) is 0 Å². The van der Waals surface area contributed by atoms with Crippen molar-refractivity contribution in [2.75, 3.05) is 6.54 Å². The van der Waals surface area contributed by atoms with Crippen LogP contribution in [0.5, 0.6) is 0 Å². The van der Waals surface area contributed by atoms with Crippen molar-refractivity contribution in [3.05, 3.63) is 11.8 Å². The number of aliphatic hydroxyl groups excluding tert-OH is 1. The van der Waals surface area contributed by atoms with Crippen molar-refractivity contribution in [1.29, 1.82) is 0 Å². The zero-order valence-electron chi connectivity index (χ0n) is 10.4. The fourth-order valence-electron chi connectivity index (χ4n) is 2.86. The van der Waals surface area contributed by atoms with E-state index >= 15 is 0 Å². The average molecular weight is 223 g/mol. The Kier molecular flexibility index (Phi) is 4.28. The van der Waals surface area contributed by atoms with Gasteiger partial charge in [-0.2, -0.15) is 0 Å². The second-order valence-electron chi connectivity index (χ2n) is 5.41. The molecule has 0 aromatic rings. The van der Waals surface area contributed by atoms with Gasteiger partial charge in [0.2, 0.25) is 0 Å². The van der Waals surface area contributed by atoms with Gasteiger partial charge in [0.1, 0.15) is 0 Å². The summed E-state index contributed by atoms with van der Waals surface area (Å²) in [6.45, 7) is 3.09. The van der Waals surface area contributed by atoms with Gasteiger partial charge in [0.05, 0.1) is 6.10 Å². The van der Waals surface area contributed by atoms with E-state index in [-0.39, 0.29) is 6.10 Å². The molecule has 2 saturated carbocycles. The molecule has 1 unspecified atom stereocenters. The van der Waals surface area contributed by atoms with Crippen LogP contribution in [-0.4, -0.2) is 17.8 Å². The highest BCUT2D eigenvalue weighted by atomic mass is 16.3. The van der Waals surface area contributed by atoms with Gasteiger partial charge in [-0.25, -0.2) is 0 Å². The lowest BCUT2D eigenvalue weighted by molar-refractivity contribution is 0.134. The summed E-state index contributed by atoms with van der Waals surface area (Å²) in [4.78, 5) is 0. The Hall–Kier alpha value is -0.500. The molecular weight excluding hydrogens is 198 g/mol. The van der Waals surface area contributed by atoms with Crippen molar-refractivity contribution < 1.29 is 5.11 Å². The van der Waals surface area contributed by atoms with Crippen LogP contribution in [0.2, 0.25) is 0 Å². The first-order valence-corrected chi connectivity index (χ1v) is 6.89. The lowest BCUT2D eigenvalue weighted by Gasteiger charge is -2.29. The van der Waals surface area contributed by atoms with E-state index < -0.39 is 0 Å². The average Bonchev–Trinajstić information content (AvgIpc) is 2.74. The third kappa shape index (κ3) is 2.79. The molecular formula is C14H25NO. The zero-order chi connectivity index (χ0) is 11.4. The van der Waals surface area contributed by atoms with Gasteiger partial charge in [-0.05, 0) is 44.4 Å². The number of rotatable bonds is 5. The Balaban J connectivity index is 1.78. The molecule has 0 saturated heterocycles. The van der Waals surface area contributed by atoms with Gasteiger partial charge in [0, 0.05) is 12.2 Å². The van der Waals surface area contributed by atoms with Crippen molar-refractivity contribution in [2.45, 2.75) is 58.0 Å². The molecule has 0 amide bonds.